The van der Waals surface area contributed by atoms with Gasteiger partial charge in [-0.3, -0.25) is 14.4 Å². The summed E-state index contributed by atoms with van der Waals surface area (Å²) < 4.78 is 5.56. The lowest BCUT2D eigenvalue weighted by molar-refractivity contribution is -0.138. The average molecular weight is 292 g/mol. The van der Waals surface area contributed by atoms with Gasteiger partial charge in [0.05, 0.1) is 12.1 Å². The van der Waals surface area contributed by atoms with E-state index < -0.39 is 12.1 Å². The van der Waals surface area contributed by atoms with E-state index in [2.05, 4.69) is 10.6 Å². The van der Waals surface area contributed by atoms with Gasteiger partial charge in [-0.1, -0.05) is 6.92 Å². The van der Waals surface area contributed by atoms with Gasteiger partial charge in [-0.05, 0) is 18.6 Å². The Morgan fingerprint density at radius 1 is 1.38 bits per heavy atom. The zero-order valence-corrected chi connectivity index (χ0v) is 11.5. The van der Waals surface area contributed by atoms with Crippen LogP contribution >= 0.6 is 0 Å². The van der Waals surface area contributed by atoms with Crippen LogP contribution in [0.25, 0.3) is 0 Å². The molecule has 112 valence electrons. The number of carboxylic acids is 1. The lowest BCUT2D eigenvalue weighted by atomic mass is 10.1. The second-order valence-corrected chi connectivity index (χ2v) is 4.66. The van der Waals surface area contributed by atoms with Crippen molar-refractivity contribution in [3.8, 4) is 5.75 Å². The van der Waals surface area contributed by atoms with E-state index in [9.17, 15) is 14.4 Å². The number of carbonyl (C=O) groups is 3. The minimum absolute atomic E-state index is 0.0956. The zero-order chi connectivity index (χ0) is 15.4. The Kier molecular flexibility index (Phi) is 4.42. The fourth-order valence-electron chi connectivity index (χ4n) is 1.93. The van der Waals surface area contributed by atoms with E-state index in [1.807, 2.05) is 6.92 Å². The van der Waals surface area contributed by atoms with Gasteiger partial charge in [-0.15, -0.1) is 0 Å². The van der Waals surface area contributed by atoms with Gasteiger partial charge in [0.2, 0.25) is 5.91 Å². The molecule has 0 aliphatic carbocycles. The van der Waals surface area contributed by atoms with Gasteiger partial charge in [0.15, 0.2) is 6.10 Å². The fraction of sp³-hybridized carbons (Fsp3) is 0.357. The molecule has 0 radical (unpaired) electrons. The van der Waals surface area contributed by atoms with Crippen molar-refractivity contribution in [2.45, 2.75) is 32.3 Å². The number of ether oxygens (including phenoxy) is 1. The maximum Gasteiger partial charge on any atom is 0.303 e. The first-order valence-electron chi connectivity index (χ1n) is 6.62. The predicted molar refractivity (Wildman–Crippen MR) is 75.3 cm³/mol. The van der Waals surface area contributed by atoms with Crippen molar-refractivity contribution in [3.05, 3.63) is 18.2 Å². The summed E-state index contributed by atoms with van der Waals surface area (Å²) in [6.07, 6.45) is -0.320. The van der Waals surface area contributed by atoms with Crippen molar-refractivity contribution in [2.24, 2.45) is 0 Å². The summed E-state index contributed by atoms with van der Waals surface area (Å²) in [7, 11) is 0. The third kappa shape index (κ3) is 3.71. The van der Waals surface area contributed by atoms with Gasteiger partial charge in [-0.2, -0.15) is 0 Å². The number of anilines is 2. The minimum Gasteiger partial charge on any atom is -0.481 e. The Morgan fingerprint density at radius 3 is 2.81 bits per heavy atom. The minimum atomic E-state index is -1.02. The molecule has 1 aliphatic rings. The van der Waals surface area contributed by atoms with E-state index in [0.717, 1.165) is 0 Å². The molecule has 0 spiro atoms. The number of carboxylic acid groups (broad SMARTS) is 1. The number of hydrogen-bond acceptors (Lipinski definition) is 4. The monoisotopic (exact) mass is 292 g/mol. The second-order valence-electron chi connectivity index (χ2n) is 4.66. The van der Waals surface area contributed by atoms with E-state index in [0.29, 0.717) is 23.5 Å². The quantitative estimate of drug-likeness (QED) is 0.764. The lowest BCUT2D eigenvalue weighted by Gasteiger charge is -2.25. The van der Waals surface area contributed by atoms with Crippen LogP contribution in [0.2, 0.25) is 0 Å². The van der Waals surface area contributed by atoms with Crippen LogP contribution in [0.1, 0.15) is 26.2 Å². The fourth-order valence-corrected chi connectivity index (χ4v) is 1.93. The Hall–Kier alpha value is -2.57. The molecule has 1 heterocycles. The van der Waals surface area contributed by atoms with Gasteiger partial charge < -0.3 is 20.5 Å². The molecule has 1 aromatic rings. The number of rotatable bonds is 5. The largest absolute Gasteiger partial charge is 0.481 e. The molecule has 1 aromatic carbocycles. The molecular formula is C14H16N2O5. The topological polar surface area (TPSA) is 105 Å². The second kappa shape index (κ2) is 6.25. The van der Waals surface area contributed by atoms with Crippen molar-refractivity contribution >= 4 is 29.2 Å². The molecule has 1 aliphatic heterocycles. The highest BCUT2D eigenvalue weighted by atomic mass is 16.5. The molecule has 3 N–H and O–H groups in total. The number of benzene rings is 1. The molecule has 0 fully saturated rings. The average Bonchev–Trinajstić information content (AvgIpc) is 2.44. The van der Waals surface area contributed by atoms with E-state index in [1.165, 1.54) is 0 Å². The predicted octanol–water partition coefficient (Wildman–Crippen LogP) is 1.60. The van der Waals surface area contributed by atoms with Crippen molar-refractivity contribution < 1.29 is 24.2 Å². The normalized spacial score (nSPS) is 16.4. The number of nitrogens with one attached hydrogen (secondary N) is 2. The van der Waals surface area contributed by atoms with Crippen LogP contribution in [-0.4, -0.2) is 29.0 Å². The SMILES string of the molecule is CCC1Oc2cc(NC(=O)CCC(=O)O)ccc2NC1=O. The highest BCUT2D eigenvalue weighted by Gasteiger charge is 2.26. The van der Waals surface area contributed by atoms with Crippen molar-refractivity contribution in [1.82, 2.24) is 0 Å². The first-order chi connectivity index (χ1) is 9.99. The van der Waals surface area contributed by atoms with Crippen LogP contribution in [0.5, 0.6) is 5.75 Å². The number of aliphatic carboxylic acids is 1. The standard InChI is InChI=1S/C14H16N2O5/c1-2-10-14(20)16-9-4-3-8(7-11(9)21-10)15-12(17)5-6-13(18)19/h3-4,7,10H,2,5-6H2,1H3,(H,15,17)(H,16,20)(H,18,19). The van der Waals surface area contributed by atoms with Gasteiger partial charge in [0, 0.05) is 18.2 Å². The summed E-state index contributed by atoms with van der Waals surface area (Å²) in [5.74, 6) is -1.11. The van der Waals surface area contributed by atoms with Crippen LogP contribution < -0.4 is 15.4 Å². The van der Waals surface area contributed by atoms with E-state index in [-0.39, 0.29) is 24.7 Å². The summed E-state index contributed by atoms with van der Waals surface area (Å²) in [5, 5.41) is 13.9. The van der Waals surface area contributed by atoms with Gasteiger partial charge in [0.1, 0.15) is 5.75 Å². The van der Waals surface area contributed by atoms with E-state index >= 15 is 0 Å². The van der Waals surface area contributed by atoms with Crippen LogP contribution in [0.15, 0.2) is 18.2 Å². The van der Waals surface area contributed by atoms with Gasteiger partial charge >= 0.3 is 5.97 Å². The number of amides is 2. The Balaban J connectivity index is 2.05. The van der Waals surface area contributed by atoms with Gasteiger partial charge in [-0.25, -0.2) is 0 Å². The van der Waals surface area contributed by atoms with E-state index in [4.69, 9.17) is 9.84 Å². The highest BCUT2D eigenvalue weighted by molar-refractivity contribution is 5.99. The number of hydrogen-bond donors (Lipinski definition) is 3. The molecule has 1 unspecified atom stereocenters. The lowest BCUT2D eigenvalue weighted by Crippen LogP contribution is -2.36. The molecular weight excluding hydrogens is 276 g/mol. The highest BCUT2D eigenvalue weighted by Crippen LogP contribution is 2.32. The summed E-state index contributed by atoms with van der Waals surface area (Å²) >= 11 is 0. The Bertz CT molecular complexity index is 585. The summed E-state index contributed by atoms with van der Waals surface area (Å²) in [6, 6.07) is 4.86. The number of carbonyl (C=O) groups excluding carboxylic acids is 2. The van der Waals surface area contributed by atoms with E-state index in [1.54, 1.807) is 18.2 Å². The molecule has 0 saturated heterocycles. The van der Waals surface area contributed by atoms with Crippen LogP contribution in [-0.2, 0) is 14.4 Å². The van der Waals surface area contributed by atoms with Crippen LogP contribution in [0.4, 0.5) is 11.4 Å². The zero-order valence-electron chi connectivity index (χ0n) is 11.5. The molecule has 7 nitrogen and oxygen atoms in total. The molecule has 2 rings (SSSR count). The molecule has 0 saturated carbocycles. The smallest absolute Gasteiger partial charge is 0.303 e. The van der Waals surface area contributed by atoms with Crippen molar-refractivity contribution in [3.63, 3.8) is 0 Å². The molecule has 21 heavy (non-hydrogen) atoms. The molecule has 0 bridgehead atoms. The molecule has 0 aromatic heterocycles. The van der Waals surface area contributed by atoms with Crippen molar-refractivity contribution in [1.29, 1.82) is 0 Å². The maximum absolute atomic E-state index is 11.6. The Morgan fingerprint density at radius 2 is 2.14 bits per heavy atom. The summed E-state index contributed by atoms with van der Waals surface area (Å²) in [5.41, 5.74) is 1.04. The Labute approximate surface area is 121 Å². The summed E-state index contributed by atoms with van der Waals surface area (Å²) in [4.78, 5) is 33.6. The third-order valence-electron chi connectivity index (χ3n) is 3.02. The van der Waals surface area contributed by atoms with Gasteiger partial charge in [0.25, 0.3) is 5.91 Å². The molecule has 1 atom stereocenters. The molecule has 7 heteroatoms. The number of fused-ring (bicyclic) bond motifs is 1. The van der Waals surface area contributed by atoms with Crippen molar-refractivity contribution in [2.75, 3.05) is 10.6 Å². The van der Waals surface area contributed by atoms with Crippen LogP contribution in [0.3, 0.4) is 0 Å². The summed E-state index contributed by atoms with van der Waals surface area (Å²) in [6.45, 7) is 1.84. The first kappa shape index (κ1) is 14.8. The van der Waals surface area contributed by atoms with Crippen LogP contribution in [0, 0.1) is 0 Å². The third-order valence-corrected chi connectivity index (χ3v) is 3.02. The first-order valence-corrected chi connectivity index (χ1v) is 6.62. The molecule has 2 amide bonds. The maximum atomic E-state index is 11.6.